The number of amides is 1. The van der Waals surface area contributed by atoms with E-state index in [1.165, 1.54) is 23.1 Å². The lowest BCUT2D eigenvalue weighted by Gasteiger charge is -2.35. The summed E-state index contributed by atoms with van der Waals surface area (Å²) in [7, 11) is 1.61. The number of carbonyl (C=O) groups excluding carboxylic acids is 1. The summed E-state index contributed by atoms with van der Waals surface area (Å²) in [6.45, 7) is 1.41. The van der Waals surface area contributed by atoms with Crippen LogP contribution in [-0.2, 0) is 0 Å². The molecule has 1 amide bonds. The number of nitrogens with one attached hydrogen (secondary N) is 1. The van der Waals surface area contributed by atoms with E-state index in [9.17, 15) is 14.3 Å². The molecule has 5 heteroatoms. The highest BCUT2D eigenvalue weighted by Crippen LogP contribution is 2.22. The van der Waals surface area contributed by atoms with Crippen molar-refractivity contribution in [3.8, 4) is 5.75 Å². The molecular weight excluding hydrogens is 211 g/mol. The van der Waals surface area contributed by atoms with Gasteiger partial charge in [-0.1, -0.05) is 6.07 Å². The van der Waals surface area contributed by atoms with Gasteiger partial charge in [0.05, 0.1) is 6.04 Å². The molecule has 0 aliphatic carbocycles. The van der Waals surface area contributed by atoms with Crippen LogP contribution >= 0.6 is 0 Å². The summed E-state index contributed by atoms with van der Waals surface area (Å²) in [5.74, 6) is -1.49. The van der Waals surface area contributed by atoms with Gasteiger partial charge in [-0.15, -0.1) is 0 Å². The Kier molecular flexibility index (Phi) is 2.78. The predicted molar refractivity (Wildman–Crippen MR) is 56.8 cm³/mol. The maximum atomic E-state index is 13.4. The second-order valence-corrected chi connectivity index (χ2v) is 3.86. The molecule has 0 unspecified atom stereocenters. The van der Waals surface area contributed by atoms with E-state index >= 15 is 0 Å². The Balaban J connectivity index is 2.26. The molecule has 1 aliphatic heterocycles. The fourth-order valence-electron chi connectivity index (χ4n) is 1.61. The van der Waals surface area contributed by atoms with Gasteiger partial charge < -0.3 is 15.3 Å². The summed E-state index contributed by atoms with van der Waals surface area (Å²) in [4.78, 5) is 13.4. The van der Waals surface area contributed by atoms with Gasteiger partial charge >= 0.3 is 0 Å². The number of rotatable bonds is 2. The van der Waals surface area contributed by atoms with Crippen molar-refractivity contribution in [3.05, 3.63) is 29.6 Å². The second-order valence-electron chi connectivity index (χ2n) is 3.86. The molecule has 1 heterocycles. The first-order chi connectivity index (χ1) is 7.61. The third-order valence-corrected chi connectivity index (χ3v) is 2.83. The molecule has 2 N–H and O–H groups in total. The van der Waals surface area contributed by atoms with Crippen LogP contribution < -0.4 is 5.32 Å². The molecule has 4 nitrogen and oxygen atoms in total. The van der Waals surface area contributed by atoms with Crippen LogP contribution in [0.5, 0.6) is 5.75 Å². The summed E-state index contributed by atoms with van der Waals surface area (Å²) in [5, 5.41) is 12.5. The Morgan fingerprint density at radius 1 is 1.56 bits per heavy atom. The molecule has 0 atom stereocenters. The summed E-state index contributed by atoms with van der Waals surface area (Å²) >= 11 is 0. The van der Waals surface area contributed by atoms with Crippen molar-refractivity contribution < 1.29 is 14.3 Å². The molecule has 1 aliphatic rings. The molecule has 1 saturated heterocycles. The Morgan fingerprint density at radius 3 is 2.75 bits per heavy atom. The number of aromatic hydroxyl groups is 1. The molecule has 1 aromatic rings. The molecule has 16 heavy (non-hydrogen) atoms. The number of carbonyl (C=O) groups is 1. The SMILES string of the molecule is CN(C(=O)c1c(O)cccc1F)C1CNC1. The van der Waals surface area contributed by atoms with Gasteiger partial charge in [0.25, 0.3) is 5.91 Å². The lowest BCUT2D eigenvalue weighted by molar-refractivity contribution is 0.0673. The van der Waals surface area contributed by atoms with Crippen molar-refractivity contribution in [2.75, 3.05) is 20.1 Å². The minimum absolute atomic E-state index is 0.0755. The number of phenols is 1. The number of nitrogens with zero attached hydrogens (tertiary/aromatic N) is 1. The molecule has 0 bridgehead atoms. The Morgan fingerprint density at radius 2 is 2.25 bits per heavy atom. The number of benzene rings is 1. The zero-order chi connectivity index (χ0) is 11.7. The largest absolute Gasteiger partial charge is 0.507 e. The third-order valence-electron chi connectivity index (χ3n) is 2.83. The van der Waals surface area contributed by atoms with Crippen molar-refractivity contribution >= 4 is 5.91 Å². The topological polar surface area (TPSA) is 52.6 Å². The van der Waals surface area contributed by atoms with Gasteiger partial charge in [0.2, 0.25) is 0 Å². The van der Waals surface area contributed by atoms with E-state index < -0.39 is 11.7 Å². The second kappa shape index (κ2) is 4.09. The summed E-state index contributed by atoms with van der Waals surface area (Å²) < 4.78 is 13.4. The Labute approximate surface area is 92.7 Å². The van der Waals surface area contributed by atoms with Crippen LogP contribution in [-0.4, -0.2) is 42.1 Å². The average molecular weight is 224 g/mol. The highest BCUT2D eigenvalue weighted by molar-refractivity contribution is 5.97. The van der Waals surface area contributed by atoms with Crippen molar-refractivity contribution in [1.29, 1.82) is 0 Å². The highest BCUT2D eigenvalue weighted by Gasteiger charge is 2.28. The van der Waals surface area contributed by atoms with Crippen molar-refractivity contribution in [2.45, 2.75) is 6.04 Å². The minimum Gasteiger partial charge on any atom is -0.507 e. The summed E-state index contributed by atoms with van der Waals surface area (Å²) in [6.07, 6.45) is 0. The number of halogens is 1. The fourth-order valence-corrected chi connectivity index (χ4v) is 1.61. The number of hydrogen-bond donors (Lipinski definition) is 2. The lowest BCUT2D eigenvalue weighted by Crippen LogP contribution is -2.57. The third kappa shape index (κ3) is 1.74. The van der Waals surface area contributed by atoms with Crippen molar-refractivity contribution in [1.82, 2.24) is 10.2 Å². The van der Waals surface area contributed by atoms with E-state index in [0.29, 0.717) is 13.1 Å². The van der Waals surface area contributed by atoms with E-state index in [-0.39, 0.29) is 17.4 Å². The van der Waals surface area contributed by atoms with Crippen LogP contribution in [0.4, 0.5) is 4.39 Å². The zero-order valence-electron chi connectivity index (χ0n) is 8.90. The van der Waals surface area contributed by atoms with Crippen molar-refractivity contribution in [3.63, 3.8) is 0 Å². The molecule has 86 valence electrons. The van der Waals surface area contributed by atoms with Crippen LogP contribution in [0.1, 0.15) is 10.4 Å². The standard InChI is InChI=1S/C11H13FN2O2/c1-14(7-5-13-6-7)11(16)10-8(12)3-2-4-9(10)15/h2-4,7,13,15H,5-6H2,1H3. The van der Waals surface area contributed by atoms with Gasteiger partial charge in [-0.3, -0.25) is 4.79 Å². The van der Waals surface area contributed by atoms with E-state index in [4.69, 9.17) is 0 Å². The minimum atomic E-state index is -0.691. The summed E-state index contributed by atoms with van der Waals surface area (Å²) in [5.41, 5.74) is -0.253. The zero-order valence-corrected chi connectivity index (χ0v) is 8.90. The Bertz CT molecular complexity index is 398. The van der Waals surface area contributed by atoms with Gasteiger partial charge in [-0.05, 0) is 12.1 Å². The van der Waals surface area contributed by atoms with Crippen LogP contribution in [0.2, 0.25) is 0 Å². The molecule has 1 fully saturated rings. The van der Waals surface area contributed by atoms with Crippen LogP contribution in [0.3, 0.4) is 0 Å². The molecule has 0 aromatic heterocycles. The summed E-state index contributed by atoms with van der Waals surface area (Å²) in [6, 6.07) is 3.92. The number of likely N-dealkylation sites (N-methyl/N-ethyl adjacent to an activating group) is 1. The first-order valence-corrected chi connectivity index (χ1v) is 5.06. The molecule has 1 aromatic carbocycles. The van der Waals surface area contributed by atoms with E-state index in [1.807, 2.05) is 0 Å². The first kappa shape index (κ1) is 10.9. The van der Waals surface area contributed by atoms with E-state index in [2.05, 4.69) is 5.32 Å². The molecule has 0 radical (unpaired) electrons. The van der Waals surface area contributed by atoms with Crippen LogP contribution in [0, 0.1) is 5.82 Å². The number of hydrogen-bond acceptors (Lipinski definition) is 3. The van der Waals surface area contributed by atoms with Gasteiger partial charge in [0, 0.05) is 20.1 Å². The maximum absolute atomic E-state index is 13.4. The van der Waals surface area contributed by atoms with Crippen LogP contribution in [0.15, 0.2) is 18.2 Å². The molecule has 0 saturated carbocycles. The fraction of sp³-hybridized carbons (Fsp3) is 0.364. The van der Waals surface area contributed by atoms with E-state index in [1.54, 1.807) is 7.05 Å². The lowest BCUT2D eigenvalue weighted by atomic mass is 10.1. The van der Waals surface area contributed by atoms with Gasteiger partial charge in [-0.25, -0.2) is 4.39 Å². The molecular formula is C11H13FN2O2. The van der Waals surface area contributed by atoms with Crippen LogP contribution in [0.25, 0.3) is 0 Å². The monoisotopic (exact) mass is 224 g/mol. The molecule has 2 rings (SSSR count). The van der Waals surface area contributed by atoms with E-state index in [0.717, 1.165) is 0 Å². The normalized spacial score (nSPS) is 15.6. The van der Waals surface area contributed by atoms with Crippen molar-refractivity contribution in [2.24, 2.45) is 0 Å². The smallest absolute Gasteiger partial charge is 0.260 e. The van der Waals surface area contributed by atoms with Gasteiger partial charge in [0.1, 0.15) is 17.1 Å². The highest BCUT2D eigenvalue weighted by atomic mass is 19.1. The maximum Gasteiger partial charge on any atom is 0.260 e. The first-order valence-electron chi connectivity index (χ1n) is 5.06. The van der Waals surface area contributed by atoms with Gasteiger partial charge in [-0.2, -0.15) is 0 Å². The number of phenolic OH excluding ortho intramolecular Hbond substituents is 1. The predicted octanol–water partition coefficient (Wildman–Crippen LogP) is 0.575. The Hall–Kier alpha value is -1.62. The molecule has 0 spiro atoms. The average Bonchev–Trinajstić information content (AvgIpc) is 2.14. The quantitative estimate of drug-likeness (QED) is 0.772. The van der Waals surface area contributed by atoms with Gasteiger partial charge in [0.15, 0.2) is 0 Å².